The van der Waals surface area contributed by atoms with E-state index in [0.717, 1.165) is 5.56 Å². The van der Waals surface area contributed by atoms with Crippen LogP contribution < -0.4 is 0 Å². The first kappa shape index (κ1) is 11.6. The number of hydrogen-bond acceptors (Lipinski definition) is 3. The lowest BCUT2D eigenvalue weighted by Crippen LogP contribution is -2.04. The Balaban J connectivity index is 3.09. The predicted octanol–water partition coefficient (Wildman–Crippen LogP) is 2.64. The standard InChI is InChI=1S/C12H16O3/c1-7(2)4-9(13)12-10(14)5-8(3)6-11(12)15/h5-7,14-15H,4H2,1-3H3. The first-order chi connectivity index (χ1) is 6.91. The van der Waals surface area contributed by atoms with E-state index in [2.05, 4.69) is 0 Å². The third-order valence-electron chi connectivity index (χ3n) is 2.11. The maximum atomic E-state index is 11.7. The summed E-state index contributed by atoms with van der Waals surface area (Å²) in [6, 6.07) is 2.96. The number of carbonyl (C=O) groups excluding carboxylic acids is 1. The average Bonchev–Trinajstić information content (AvgIpc) is 1.99. The Morgan fingerprint density at radius 2 is 1.73 bits per heavy atom. The lowest BCUT2D eigenvalue weighted by Gasteiger charge is -2.09. The Hall–Kier alpha value is -1.51. The fourth-order valence-corrected chi connectivity index (χ4v) is 1.51. The summed E-state index contributed by atoms with van der Waals surface area (Å²) < 4.78 is 0. The van der Waals surface area contributed by atoms with Gasteiger partial charge in [0.05, 0.1) is 0 Å². The maximum Gasteiger partial charge on any atom is 0.170 e. The minimum absolute atomic E-state index is 0.0364. The van der Waals surface area contributed by atoms with Crippen molar-refractivity contribution >= 4 is 5.78 Å². The van der Waals surface area contributed by atoms with Gasteiger partial charge in [-0.15, -0.1) is 0 Å². The van der Waals surface area contributed by atoms with Crippen molar-refractivity contribution in [2.75, 3.05) is 0 Å². The van der Waals surface area contributed by atoms with E-state index in [1.165, 1.54) is 12.1 Å². The second-order valence-corrected chi connectivity index (χ2v) is 4.20. The number of Topliss-reactive ketones (excluding diaryl/α,β-unsaturated/α-hetero) is 1. The molecule has 1 rings (SSSR count). The number of aromatic hydroxyl groups is 2. The van der Waals surface area contributed by atoms with Gasteiger partial charge in [0.2, 0.25) is 0 Å². The predicted molar refractivity (Wildman–Crippen MR) is 58.3 cm³/mol. The number of hydrogen-bond donors (Lipinski definition) is 2. The van der Waals surface area contributed by atoms with Gasteiger partial charge in [-0.25, -0.2) is 0 Å². The van der Waals surface area contributed by atoms with Crippen LogP contribution in [0.1, 0.15) is 36.2 Å². The normalized spacial score (nSPS) is 10.7. The van der Waals surface area contributed by atoms with Crippen LogP contribution in [-0.4, -0.2) is 16.0 Å². The molecule has 3 nitrogen and oxygen atoms in total. The Morgan fingerprint density at radius 1 is 1.27 bits per heavy atom. The molecule has 15 heavy (non-hydrogen) atoms. The van der Waals surface area contributed by atoms with Crippen LogP contribution >= 0.6 is 0 Å². The number of carbonyl (C=O) groups is 1. The molecule has 0 saturated carbocycles. The van der Waals surface area contributed by atoms with E-state index in [4.69, 9.17) is 0 Å². The number of phenols is 2. The van der Waals surface area contributed by atoms with E-state index >= 15 is 0 Å². The topological polar surface area (TPSA) is 57.5 Å². The second kappa shape index (κ2) is 4.34. The fourth-order valence-electron chi connectivity index (χ4n) is 1.51. The third-order valence-corrected chi connectivity index (χ3v) is 2.11. The minimum atomic E-state index is -0.222. The summed E-state index contributed by atoms with van der Waals surface area (Å²) in [5.41, 5.74) is 0.764. The lowest BCUT2D eigenvalue weighted by molar-refractivity contribution is 0.0962. The van der Waals surface area contributed by atoms with Crippen LogP contribution in [0.3, 0.4) is 0 Å². The van der Waals surface area contributed by atoms with Gasteiger partial charge in [-0.3, -0.25) is 4.79 Å². The summed E-state index contributed by atoms with van der Waals surface area (Å²) in [5, 5.41) is 19.1. The van der Waals surface area contributed by atoms with E-state index in [1.807, 2.05) is 13.8 Å². The van der Waals surface area contributed by atoms with Gasteiger partial charge in [-0.2, -0.15) is 0 Å². The molecule has 0 amide bonds. The molecule has 0 atom stereocenters. The Labute approximate surface area is 89.4 Å². The molecule has 0 aliphatic heterocycles. The van der Waals surface area contributed by atoms with Gasteiger partial charge in [0, 0.05) is 6.42 Å². The number of ketones is 1. The van der Waals surface area contributed by atoms with Crippen molar-refractivity contribution in [2.24, 2.45) is 5.92 Å². The summed E-state index contributed by atoms with van der Waals surface area (Å²) in [4.78, 5) is 11.7. The largest absolute Gasteiger partial charge is 0.507 e. The van der Waals surface area contributed by atoms with Crippen molar-refractivity contribution in [1.29, 1.82) is 0 Å². The summed E-state index contributed by atoms with van der Waals surface area (Å²) >= 11 is 0. The Kier molecular flexibility index (Phi) is 3.35. The van der Waals surface area contributed by atoms with Crippen molar-refractivity contribution < 1.29 is 15.0 Å². The van der Waals surface area contributed by atoms with Gasteiger partial charge in [-0.05, 0) is 30.5 Å². The zero-order chi connectivity index (χ0) is 11.6. The molecule has 0 aliphatic carbocycles. The van der Waals surface area contributed by atoms with Gasteiger partial charge < -0.3 is 10.2 Å². The first-order valence-corrected chi connectivity index (χ1v) is 4.97. The molecule has 2 N–H and O–H groups in total. The van der Waals surface area contributed by atoms with Gasteiger partial charge >= 0.3 is 0 Å². The van der Waals surface area contributed by atoms with Crippen molar-refractivity contribution in [1.82, 2.24) is 0 Å². The first-order valence-electron chi connectivity index (χ1n) is 4.97. The SMILES string of the molecule is Cc1cc(O)c(C(=O)CC(C)C)c(O)c1. The molecule has 1 aromatic carbocycles. The van der Waals surface area contributed by atoms with Crippen LogP contribution in [0.15, 0.2) is 12.1 Å². The van der Waals surface area contributed by atoms with Gasteiger partial charge in [-0.1, -0.05) is 13.8 Å². The molecule has 0 aromatic heterocycles. The van der Waals surface area contributed by atoms with Gasteiger partial charge in [0.1, 0.15) is 17.1 Å². The number of phenolic OH excluding ortho intramolecular Hbond substituents is 2. The van der Waals surface area contributed by atoms with Crippen LogP contribution in [-0.2, 0) is 0 Å². The average molecular weight is 208 g/mol. The van der Waals surface area contributed by atoms with Crippen molar-refractivity contribution in [3.63, 3.8) is 0 Å². The summed E-state index contributed by atoms with van der Waals surface area (Å²) in [6.45, 7) is 5.58. The highest BCUT2D eigenvalue weighted by atomic mass is 16.3. The Bertz CT molecular complexity index is 357. The smallest absolute Gasteiger partial charge is 0.170 e. The molecule has 0 aliphatic rings. The van der Waals surface area contributed by atoms with E-state index in [0.29, 0.717) is 6.42 Å². The van der Waals surface area contributed by atoms with Crippen LogP contribution in [0.4, 0.5) is 0 Å². The van der Waals surface area contributed by atoms with Crippen LogP contribution in [0.25, 0.3) is 0 Å². The molecule has 0 radical (unpaired) electrons. The third kappa shape index (κ3) is 2.72. The number of benzene rings is 1. The molecular formula is C12H16O3. The molecule has 0 saturated heterocycles. The number of rotatable bonds is 3. The second-order valence-electron chi connectivity index (χ2n) is 4.20. The van der Waals surface area contributed by atoms with Crippen molar-refractivity contribution in [3.8, 4) is 11.5 Å². The van der Waals surface area contributed by atoms with Crippen LogP contribution in [0, 0.1) is 12.8 Å². The Morgan fingerprint density at radius 3 is 2.13 bits per heavy atom. The molecular weight excluding hydrogens is 192 g/mol. The number of aryl methyl sites for hydroxylation is 1. The molecule has 0 fully saturated rings. The quantitative estimate of drug-likeness (QED) is 0.751. The summed E-state index contributed by atoms with van der Waals surface area (Å²) in [6.07, 6.45) is 0.324. The van der Waals surface area contributed by atoms with E-state index < -0.39 is 0 Å². The monoisotopic (exact) mass is 208 g/mol. The maximum absolute atomic E-state index is 11.7. The van der Waals surface area contributed by atoms with Crippen LogP contribution in [0.2, 0.25) is 0 Å². The highest BCUT2D eigenvalue weighted by Crippen LogP contribution is 2.30. The zero-order valence-electron chi connectivity index (χ0n) is 9.24. The summed E-state index contributed by atoms with van der Waals surface area (Å²) in [5.74, 6) is -0.297. The minimum Gasteiger partial charge on any atom is -0.507 e. The van der Waals surface area contributed by atoms with Crippen LogP contribution in [0.5, 0.6) is 11.5 Å². The summed E-state index contributed by atoms with van der Waals surface area (Å²) in [7, 11) is 0. The molecule has 1 aromatic rings. The van der Waals surface area contributed by atoms with Gasteiger partial charge in [0.25, 0.3) is 0 Å². The molecule has 0 heterocycles. The van der Waals surface area contributed by atoms with Crippen molar-refractivity contribution in [2.45, 2.75) is 27.2 Å². The molecule has 0 unspecified atom stereocenters. The molecule has 3 heteroatoms. The highest BCUT2D eigenvalue weighted by molar-refractivity contribution is 6.01. The van der Waals surface area contributed by atoms with E-state index in [1.54, 1.807) is 6.92 Å². The zero-order valence-corrected chi connectivity index (χ0v) is 9.24. The van der Waals surface area contributed by atoms with Crippen molar-refractivity contribution in [3.05, 3.63) is 23.3 Å². The van der Waals surface area contributed by atoms with E-state index in [-0.39, 0.29) is 28.8 Å². The van der Waals surface area contributed by atoms with E-state index in [9.17, 15) is 15.0 Å². The molecule has 0 bridgehead atoms. The molecule has 0 spiro atoms. The van der Waals surface area contributed by atoms with Gasteiger partial charge in [0.15, 0.2) is 5.78 Å². The lowest BCUT2D eigenvalue weighted by atomic mass is 9.98. The fraction of sp³-hybridized carbons (Fsp3) is 0.417. The molecule has 82 valence electrons. The highest BCUT2D eigenvalue weighted by Gasteiger charge is 2.17.